The highest BCUT2D eigenvalue weighted by molar-refractivity contribution is 7.80. The summed E-state index contributed by atoms with van der Waals surface area (Å²) in [5.41, 5.74) is 0.645. The Kier molecular flexibility index (Phi) is 5.07. The molecule has 20 heavy (non-hydrogen) atoms. The minimum absolute atomic E-state index is 0.0103. The topological polar surface area (TPSA) is 35.9 Å². The first-order valence-electron chi connectivity index (χ1n) is 6.78. The number of hydrogen-bond acceptors (Lipinski definition) is 3. The van der Waals surface area contributed by atoms with Crippen LogP contribution in [0.25, 0.3) is 0 Å². The molecule has 0 spiro atoms. The fourth-order valence-corrected chi connectivity index (χ4v) is 2.77. The van der Waals surface area contributed by atoms with Crippen molar-refractivity contribution in [3.05, 3.63) is 23.3 Å². The summed E-state index contributed by atoms with van der Waals surface area (Å²) in [4.78, 5) is 20.7. The van der Waals surface area contributed by atoms with Crippen molar-refractivity contribution in [2.75, 3.05) is 26.2 Å². The Morgan fingerprint density at radius 3 is 2.80 bits per heavy atom. The van der Waals surface area contributed by atoms with Crippen molar-refractivity contribution in [1.82, 2.24) is 9.80 Å². The summed E-state index contributed by atoms with van der Waals surface area (Å²) < 4.78 is 0. The first-order valence-corrected chi connectivity index (χ1v) is 7.57. The molecule has 1 amide bonds. The van der Waals surface area contributed by atoms with E-state index < -0.39 is 0 Å². The highest BCUT2D eigenvalue weighted by Crippen LogP contribution is 2.23. The van der Waals surface area contributed by atoms with Crippen LogP contribution in [0.3, 0.4) is 0 Å². The van der Waals surface area contributed by atoms with Crippen LogP contribution in [0.1, 0.15) is 13.8 Å². The number of thiocarbonyl (C=S) groups is 1. The van der Waals surface area contributed by atoms with Gasteiger partial charge in [-0.25, -0.2) is 4.99 Å². The summed E-state index contributed by atoms with van der Waals surface area (Å²) in [7, 11) is 0. The standard InChI is InChI=1S/C14H18ClN3OS/c1-3-17(4-2)7-8-18-13(19)11-6-5-10(15)9-12(11)16-14(18)20/h5-6,9,11H,3-4,7-8H2,1-2H3. The first-order chi connectivity index (χ1) is 9.56. The molecule has 0 saturated carbocycles. The van der Waals surface area contributed by atoms with Crippen molar-refractivity contribution < 1.29 is 4.79 Å². The van der Waals surface area contributed by atoms with E-state index in [1.165, 1.54) is 0 Å². The minimum Gasteiger partial charge on any atom is -0.302 e. The second-order valence-corrected chi connectivity index (χ2v) is 5.50. The normalized spacial score (nSPS) is 22.0. The molecule has 0 aromatic heterocycles. The maximum absolute atomic E-state index is 12.5. The van der Waals surface area contributed by atoms with Crippen LogP contribution in [0.15, 0.2) is 28.3 Å². The van der Waals surface area contributed by atoms with E-state index in [0.717, 1.165) is 19.6 Å². The highest BCUT2D eigenvalue weighted by Gasteiger charge is 2.34. The van der Waals surface area contributed by atoms with Crippen molar-refractivity contribution in [2.24, 2.45) is 10.9 Å². The summed E-state index contributed by atoms with van der Waals surface area (Å²) in [6.07, 6.45) is 5.23. The van der Waals surface area contributed by atoms with E-state index in [4.69, 9.17) is 23.8 Å². The van der Waals surface area contributed by atoms with Crippen LogP contribution in [0.5, 0.6) is 0 Å². The number of rotatable bonds is 5. The number of hydrogen-bond donors (Lipinski definition) is 0. The molecule has 1 unspecified atom stereocenters. The van der Waals surface area contributed by atoms with Crippen LogP contribution in [-0.2, 0) is 4.79 Å². The quantitative estimate of drug-likeness (QED) is 0.730. The zero-order valence-corrected chi connectivity index (χ0v) is 13.2. The number of aliphatic imine (C=N–C) groups is 1. The predicted octanol–water partition coefficient (Wildman–Crippen LogP) is 2.21. The average Bonchev–Trinajstić information content (AvgIpc) is 2.42. The van der Waals surface area contributed by atoms with Crippen LogP contribution in [-0.4, -0.2) is 52.7 Å². The van der Waals surface area contributed by atoms with Gasteiger partial charge in [0.1, 0.15) is 0 Å². The van der Waals surface area contributed by atoms with Crippen LogP contribution in [0.4, 0.5) is 0 Å². The number of likely N-dealkylation sites (N-methyl/N-ethyl adjacent to an activating group) is 1. The van der Waals surface area contributed by atoms with Crippen molar-refractivity contribution >= 4 is 40.6 Å². The first kappa shape index (κ1) is 15.4. The van der Waals surface area contributed by atoms with Gasteiger partial charge in [-0.05, 0) is 37.5 Å². The summed E-state index contributed by atoms with van der Waals surface area (Å²) in [6.45, 7) is 7.51. The number of fused-ring (bicyclic) bond motifs is 1. The zero-order valence-electron chi connectivity index (χ0n) is 11.7. The fraction of sp³-hybridized carbons (Fsp3) is 0.500. The van der Waals surface area contributed by atoms with Crippen LogP contribution in [0, 0.1) is 5.92 Å². The van der Waals surface area contributed by atoms with Crippen molar-refractivity contribution in [3.8, 4) is 0 Å². The fourth-order valence-electron chi connectivity index (χ4n) is 2.30. The summed E-state index contributed by atoms with van der Waals surface area (Å²) >= 11 is 11.2. The molecule has 0 aromatic rings. The SMILES string of the molecule is CCN(CC)CCN1C(=O)C2C=CC(Cl)=CC2=NC1=S. The van der Waals surface area contributed by atoms with Gasteiger partial charge in [-0.15, -0.1) is 0 Å². The Labute approximate surface area is 129 Å². The van der Waals surface area contributed by atoms with Gasteiger partial charge in [0.25, 0.3) is 0 Å². The number of allylic oxidation sites excluding steroid dienone is 3. The van der Waals surface area contributed by atoms with Crippen molar-refractivity contribution in [2.45, 2.75) is 13.8 Å². The lowest BCUT2D eigenvalue weighted by molar-refractivity contribution is -0.128. The lowest BCUT2D eigenvalue weighted by Gasteiger charge is -2.32. The number of amides is 1. The molecule has 0 radical (unpaired) electrons. The second kappa shape index (κ2) is 6.61. The van der Waals surface area contributed by atoms with E-state index in [9.17, 15) is 4.79 Å². The summed E-state index contributed by atoms with van der Waals surface area (Å²) in [5.74, 6) is -0.357. The van der Waals surface area contributed by atoms with Crippen LogP contribution < -0.4 is 0 Å². The Morgan fingerprint density at radius 2 is 2.15 bits per heavy atom. The smallest absolute Gasteiger partial charge is 0.241 e. The lowest BCUT2D eigenvalue weighted by Crippen LogP contribution is -2.48. The van der Waals surface area contributed by atoms with Gasteiger partial charge >= 0.3 is 0 Å². The van der Waals surface area contributed by atoms with Gasteiger partial charge in [-0.1, -0.05) is 31.5 Å². The number of carbonyl (C=O) groups is 1. The third-order valence-corrected chi connectivity index (χ3v) is 4.12. The molecule has 0 fully saturated rings. The van der Waals surface area contributed by atoms with E-state index in [-0.39, 0.29) is 11.8 Å². The molecule has 108 valence electrons. The lowest BCUT2D eigenvalue weighted by atomic mass is 9.95. The second-order valence-electron chi connectivity index (χ2n) is 4.70. The highest BCUT2D eigenvalue weighted by atomic mass is 35.5. The molecule has 1 aliphatic carbocycles. The van der Waals surface area contributed by atoms with E-state index in [1.54, 1.807) is 23.1 Å². The largest absolute Gasteiger partial charge is 0.302 e. The molecular formula is C14H18ClN3OS. The van der Waals surface area contributed by atoms with E-state index in [1.807, 2.05) is 0 Å². The Morgan fingerprint density at radius 1 is 1.45 bits per heavy atom. The van der Waals surface area contributed by atoms with Crippen molar-refractivity contribution in [3.63, 3.8) is 0 Å². The minimum atomic E-state index is -0.346. The van der Waals surface area contributed by atoms with E-state index >= 15 is 0 Å². The molecule has 1 heterocycles. The van der Waals surface area contributed by atoms with Gasteiger partial charge in [0, 0.05) is 18.1 Å². The molecule has 0 aromatic carbocycles. The molecule has 0 bridgehead atoms. The molecule has 0 saturated heterocycles. The molecule has 2 aliphatic rings. The average molecular weight is 312 g/mol. The van der Waals surface area contributed by atoms with Gasteiger partial charge < -0.3 is 4.90 Å². The number of nitrogens with zero attached hydrogens (tertiary/aromatic N) is 3. The zero-order chi connectivity index (χ0) is 14.7. The van der Waals surface area contributed by atoms with Gasteiger partial charge in [0.2, 0.25) is 11.0 Å². The molecule has 0 N–H and O–H groups in total. The van der Waals surface area contributed by atoms with E-state index in [2.05, 4.69) is 23.7 Å². The van der Waals surface area contributed by atoms with E-state index in [0.29, 0.717) is 22.4 Å². The van der Waals surface area contributed by atoms with Gasteiger partial charge in [-0.2, -0.15) is 0 Å². The van der Waals surface area contributed by atoms with Gasteiger partial charge in [-0.3, -0.25) is 9.69 Å². The Balaban J connectivity index is 2.11. The monoisotopic (exact) mass is 311 g/mol. The van der Waals surface area contributed by atoms with Gasteiger partial charge in [0.05, 0.1) is 11.6 Å². The maximum atomic E-state index is 12.5. The van der Waals surface area contributed by atoms with Crippen molar-refractivity contribution in [1.29, 1.82) is 0 Å². The maximum Gasteiger partial charge on any atom is 0.241 e. The summed E-state index contributed by atoms with van der Waals surface area (Å²) in [6, 6.07) is 0. The Bertz CT molecular complexity index is 509. The number of carbonyl (C=O) groups excluding carboxylic acids is 1. The molecule has 2 rings (SSSR count). The predicted molar refractivity (Wildman–Crippen MR) is 86.1 cm³/mol. The third-order valence-electron chi connectivity index (χ3n) is 3.57. The third kappa shape index (κ3) is 3.16. The molecular weight excluding hydrogens is 294 g/mol. The Hall–Kier alpha value is -1.04. The number of halogens is 1. The van der Waals surface area contributed by atoms with Crippen LogP contribution in [0.2, 0.25) is 0 Å². The van der Waals surface area contributed by atoms with Gasteiger partial charge in [0.15, 0.2) is 0 Å². The van der Waals surface area contributed by atoms with Crippen LogP contribution >= 0.6 is 23.8 Å². The summed E-state index contributed by atoms with van der Waals surface area (Å²) in [5, 5.41) is 0.914. The molecule has 1 atom stereocenters. The molecule has 4 nitrogen and oxygen atoms in total. The molecule has 1 aliphatic heterocycles. The molecule has 6 heteroatoms.